The second kappa shape index (κ2) is 10.7. The van der Waals surface area contributed by atoms with Crippen LogP contribution in [0.25, 0.3) is 11.0 Å². The van der Waals surface area contributed by atoms with Crippen molar-refractivity contribution in [3.63, 3.8) is 0 Å². The minimum atomic E-state index is -0.303. The number of anilines is 1. The Balaban J connectivity index is 1.72. The third kappa shape index (κ3) is 4.70. The lowest BCUT2D eigenvalue weighted by Gasteiger charge is -2.49. The molecule has 2 aromatic heterocycles. The van der Waals surface area contributed by atoms with E-state index in [9.17, 15) is 9.18 Å². The molecule has 0 aliphatic carbocycles. The fraction of sp³-hybridized carbons (Fsp3) is 0.519. The van der Waals surface area contributed by atoms with Gasteiger partial charge in [0.15, 0.2) is 0 Å². The van der Waals surface area contributed by atoms with Crippen molar-refractivity contribution in [3.05, 3.63) is 52.2 Å². The lowest BCUT2D eigenvalue weighted by molar-refractivity contribution is 0.0993. The van der Waals surface area contributed by atoms with Crippen LogP contribution in [-0.4, -0.2) is 51.0 Å². The van der Waals surface area contributed by atoms with Crippen LogP contribution in [0.4, 0.5) is 10.1 Å². The normalized spacial score (nSPS) is 19.4. The number of hydrogen-bond donors (Lipinski definition) is 0. The molecule has 4 rings (SSSR count). The third-order valence-corrected chi connectivity index (χ3v) is 7.38. The molecule has 8 nitrogen and oxygen atoms in total. The average Bonchev–Trinajstić information content (AvgIpc) is 3.30. The van der Waals surface area contributed by atoms with E-state index in [0.29, 0.717) is 12.4 Å². The minimum Gasteiger partial charge on any atom is -0.493 e. The zero-order valence-corrected chi connectivity index (χ0v) is 21.7. The predicted octanol–water partition coefficient (Wildman–Crippen LogP) is 4.24. The van der Waals surface area contributed by atoms with Gasteiger partial charge in [0.05, 0.1) is 30.1 Å². The van der Waals surface area contributed by atoms with E-state index in [2.05, 4.69) is 41.7 Å². The Bertz CT molecular complexity index is 1330. The molecule has 0 radical (unpaired) electrons. The Morgan fingerprint density at radius 3 is 2.61 bits per heavy atom. The Kier molecular flexibility index (Phi) is 7.65. The molecule has 3 aromatic rings. The number of nitrogens with zero attached hydrogens (tertiary/aromatic N) is 6. The molecular formula is C27H35FN6O2. The summed E-state index contributed by atoms with van der Waals surface area (Å²) in [5, 5.41) is 13.8. The first kappa shape index (κ1) is 25.7. The fourth-order valence-electron chi connectivity index (χ4n) is 5.38. The quantitative estimate of drug-likeness (QED) is 0.466. The van der Waals surface area contributed by atoms with Gasteiger partial charge in [-0.05, 0) is 32.8 Å². The van der Waals surface area contributed by atoms with Gasteiger partial charge in [-0.15, -0.1) is 0 Å². The molecule has 0 N–H and O–H groups in total. The van der Waals surface area contributed by atoms with E-state index in [4.69, 9.17) is 10.00 Å². The van der Waals surface area contributed by atoms with Crippen LogP contribution in [0.2, 0.25) is 0 Å². The van der Waals surface area contributed by atoms with Crippen molar-refractivity contribution in [3.8, 4) is 11.8 Å². The maximum absolute atomic E-state index is 14.0. The molecule has 192 valence electrons. The summed E-state index contributed by atoms with van der Waals surface area (Å²) >= 11 is 0. The standard InChI is InChI=1S/C27H35FN6O2/c1-6-20-16-34(23-14-26(35)31(5)24-17-32(12-11-29)30-27(23)24)21(7-2)15-33(20)18(4)22-10-9-19(28)13-25(22)36-8-3/h9-10,13-14,17-18,20-21H,6-8,12,15-16H2,1-5H3/t18?,20-,21+/m1/s1. The number of ether oxygens (including phenoxy) is 1. The molecule has 0 saturated carbocycles. The first-order valence-electron chi connectivity index (χ1n) is 12.7. The molecule has 9 heteroatoms. The Labute approximate surface area is 211 Å². The number of halogens is 1. The first-order valence-corrected chi connectivity index (χ1v) is 12.7. The summed E-state index contributed by atoms with van der Waals surface area (Å²) in [5.74, 6) is 0.287. The molecule has 1 aromatic carbocycles. The topological polar surface area (TPSA) is 79.3 Å². The van der Waals surface area contributed by atoms with Gasteiger partial charge in [0.25, 0.3) is 5.56 Å². The predicted molar refractivity (Wildman–Crippen MR) is 139 cm³/mol. The van der Waals surface area contributed by atoms with Crippen LogP contribution in [0.1, 0.15) is 52.1 Å². The van der Waals surface area contributed by atoms with Crippen molar-refractivity contribution >= 4 is 16.7 Å². The number of pyridine rings is 1. The van der Waals surface area contributed by atoms with Crippen molar-refractivity contribution in [1.82, 2.24) is 19.2 Å². The number of piperazine rings is 1. The number of aromatic nitrogens is 3. The van der Waals surface area contributed by atoms with Crippen LogP contribution in [0, 0.1) is 17.1 Å². The molecule has 36 heavy (non-hydrogen) atoms. The highest BCUT2D eigenvalue weighted by Crippen LogP contribution is 2.37. The van der Waals surface area contributed by atoms with Crippen molar-refractivity contribution < 1.29 is 9.13 Å². The number of hydrogen-bond acceptors (Lipinski definition) is 6. The fourth-order valence-corrected chi connectivity index (χ4v) is 5.38. The molecule has 3 heterocycles. The van der Waals surface area contributed by atoms with Gasteiger partial charge in [0.2, 0.25) is 0 Å². The van der Waals surface area contributed by atoms with Crippen molar-refractivity contribution in [2.24, 2.45) is 7.05 Å². The second-order valence-corrected chi connectivity index (χ2v) is 9.41. The molecule has 0 bridgehead atoms. The van der Waals surface area contributed by atoms with Gasteiger partial charge < -0.3 is 14.2 Å². The van der Waals surface area contributed by atoms with Gasteiger partial charge in [-0.1, -0.05) is 19.9 Å². The first-order chi connectivity index (χ1) is 17.3. The van der Waals surface area contributed by atoms with Gasteiger partial charge in [-0.25, -0.2) is 4.39 Å². The molecule has 1 saturated heterocycles. The molecule has 1 unspecified atom stereocenters. The lowest BCUT2D eigenvalue weighted by atomic mass is 9.96. The van der Waals surface area contributed by atoms with Crippen molar-refractivity contribution in [2.45, 2.75) is 65.2 Å². The summed E-state index contributed by atoms with van der Waals surface area (Å²) in [7, 11) is 1.73. The van der Waals surface area contributed by atoms with Crippen molar-refractivity contribution in [2.75, 3.05) is 24.6 Å². The lowest BCUT2D eigenvalue weighted by Crippen LogP contribution is -2.58. The third-order valence-electron chi connectivity index (χ3n) is 7.38. The number of fused-ring (bicyclic) bond motifs is 1. The summed E-state index contributed by atoms with van der Waals surface area (Å²) in [5.41, 5.74) is 3.16. The average molecular weight is 495 g/mol. The van der Waals surface area contributed by atoms with Gasteiger partial charge in [0, 0.05) is 56.0 Å². The maximum atomic E-state index is 14.0. The van der Waals surface area contributed by atoms with E-state index in [1.165, 1.54) is 12.1 Å². The van der Waals surface area contributed by atoms with Crippen molar-refractivity contribution in [1.29, 1.82) is 5.26 Å². The van der Waals surface area contributed by atoms with Gasteiger partial charge in [-0.3, -0.25) is 14.4 Å². The van der Waals surface area contributed by atoms with E-state index in [1.807, 2.05) is 13.0 Å². The molecule has 0 spiro atoms. The Hall–Kier alpha value is -3.38. The summed E-state index contributed by atoms with van der Waals surface area (Å²) in [6, 6.07) is 9.00. The van der Waals surface area contributed by atoms with Gasteiger partial charge in [-0.2, -0.15) is 10.4 Å². The number of aryl methyl sites for hydroxylation is 1. The van der Waals surface area contributed by atoms with Crippen LogP contribution >= 0.6 is 0 Å². The van der Waals surface area contributed by atoms with Crippen LogP contribution < -0.4 is 15.2 Å². The van der Waals surface area contributed by atoms with E-state index >= 15 is 0 Å². The zero-order valence-electron chi connectivity index (χ0n) is 21.7. The highest BCUT2D eigenvalue weighted by atomic mass is 19.1. The van der Waals surface area contributed by atoms with Crippen LogP contribution in [-0.2, 0) is 13.6 Å². The molecular weight excluding hydrogens is 459 g/mol. The van der Waals surface area contributed by atoms with Crippen LogP contribution in [0.5, 0.6) is 5.75 Å². The minimum absolute atomic E-state index is 0.0341. The maximum Gasteiger partial charge on any atom is 0.252 e. The summed E-state index contributed by atoms with van der Waals surface area (Å²) in [6.45, 7) is 10.5. The Morgan fingerprint density at radius 2 is 1.94 bits per heavy atom. The Morgan fingerprint density at radius 1 is 1.19 bits per heavy atom. The summed E-state index contributed by atoms with van der Waals surface area (Å²) < 4.78 is 22.9. The van der Waals surface area contributed by atoms with Gasteiger partial charge >= 0.3 is 0 Å². The zero-order chi connectivity index (χ0) is 26.0. The van der Waals surface area contributed by atoms with Crippen LogP contribution in [0.3, 0.4) is 0 Å². The largest absolute Gasteiger partial charge is 0.493 e. The smallest absolute Gasteiger partial charge is 0.252 e. The number of rotatable bonds is 8. The molecule has 1 aliphatic heterocycles. The van der Waals surface area contributed by atoms with Crippen LogP contribution in [0.15, 0.2) is 35.3 Å². The molecule has 3 atom stereocenters. The molecule has 0 amide bonds. The van der Waals surface area contributed by atoms with Gasteiger partial charge in [0.1, 0.15) is 23.6 Å². The summed E-state index contributed by atoms with van der Waals surface area (Å²) in [4.78, 5) is 17.7. The number of benzene rings is 1. The second-order valence-electron chi connectivity index (χ2n) is 9.41. The van der Waals surface area contributed by atoms with E-state index < -0.39 is 0 Å². The molecule has 1 fully saturated rings. The monoisotopic (exact) mass is 494 g/mol. The number of nitriles is 1. The van der Waals surface area contributed by atoms with E-state index in [0.717, 1.165) is 48.2 Å². The SMILES string of the molecule is CCOc1cc(F)ccc1C(C)N1C[C@H](CC)N(c2cc(=O)n(C)c3cn(CC#N)nc23)C[C@H]1CC. The summed E-state index contributed by atoms with van der Waals surface area (Å²) in [6.07, 6.45) is 3.57. The van der Waals surface area contributed by atoms with E-state index in [-0.39, 0.29) is 36.0 Å². The molecule has 1 aliphatic rings. The van der Waals surface area contributed by atoms with E-state index in [1.54, 1.807) is 28.6 Å². The highest BCUT2D eigenvalue weighted by molar-refractivity contribution is 5.88. The highest BCUT2D eigenvalue weighted by Gasteiger charge is 2.37.